The predicted octanol–water partition coefficient (Wildman–Crippen LogP) is 8.49. The minimum Gasteiger partial charge on any atom is -0.368 e. The van der Waals surface area contributed by atoms with Crippen molar-refractivity contribution >= 4 is 35.1 Å². The molecule has 3 heterocycles. The molecule has 0 unspecified atom stereocenters. The number of aryl methyl sites for hydroxylation is 1. The maximum atomic E-state index is 10.8. The summed E-state index contributed by atoms with van der Waals surface area (Å²) in [5, 5.41) is 2.94. The van der Waals surface area contributed by atoms with Gasteiger partial charge >= 0.3 is 0 Å². The lowest BCUT2D eigenvalue weighted by Gasteiger charge is -2.32. The van der Waals surface area contributed by atoms with Crippen molar-refractivity contribution in [3.8, 4) is 11.3 Å². The lowest BCUT2D eigenvalue weighted by Crippen LogP contribution is -2.18. The number of nitrogens with two attached hydrogens (primary N) is 1. The highest BCUT2D eigenvalue weighted by Crippen LogP contribution is 2.38. The Hall–Kier alpha value is -2.68. The molecule has 0 bridgehead atoms. The van der Waals surface area contributed by atoms with E-state index in [0.717, 1.165) is 39.3 Å². The molecule has 0 atom stereocenters. The number of alkyl halides is 2. The molecule has 1 aliphatic carbocycles. The Kier molecular flexibility index (Phi) is 11.1. The van der Waals surface area contributed by atoms with Gasteiger partial charge < -0.3 is 5.73 Å². The second-order valence-electron chi connectivity index (χ2n) is 9.75. The third kappa shape index (κ3) is 8.47. The molecule has 3 aromatic rings. The summed E-state index contributed by atoms with van der Waals surface area (Å²) in [6.07, 6.45) is 8.48. The number of pyridine rings is 1. The lowest BCUT2D eigenvalue weighted by atomic mass is 9.74. The van der Waals surface area contributed by atoms with Crippen LogP contribution in [0.3, 0.4) is 0 Å². The zero-order valence-corrected chi connectivity index (χ0v) is 23.2. The van der Waals surface area contributed by atoms with Crippen molar-refractivity contribution in [2.24, 2.45) is 10.4 Å². The van der Waals surface area contributed by atoms with Crippen molar-refractivity contribution in [3.63, 3.8) is 0 Å². The van der Waals surface area contributed by atoms with Crippen molar-refractivity contribution in [2.45, 2.75) is 92.9 Å². The highest BCUT2D eigenvalue weighted by molar-refractivity contribution is 7.71. The third-order valence-corrected chi connectivity index (χ3v) is 6.73. The molecule has 1 fully saturated rings. The molecule has 0 aromatic carbocycles. The smallest absolute Gasteiger partial charge is 0.238 e. The first-order chi connectivity index (χ1) is 17.0. The van der Waals surface area contributed by atoms with Crippen molar-refractivity contribution in [1.82, 2.24) is 19.6 Å². The van der Waals surface area contributed by atoms with E-state index in [9.17, 15) is 8.78 Å². The summed E-state index contributed by atoms with van der Waals surface area (Å²) < 4.78 is 23.7. The number of anilines is 1. The molecule has 198 valence electrons. The predicted molar refractivity (Wildman–Crippen MR) is 149 cm³/mol. The summed E-state index contributed by atoms with van der Waals surface area (Å²) in [7, 11) is 0. The number of halogens is 2. The second-order valence-corrected chi connectivity index (χ2v) is 10.1. The van der Waals surface area contributed by atoms with E-state index in [1.807, 2.05) is 45.2 Å². The molecule has 0 amide bonds. The number of H-pyrrole nitrogens is 1. The standard InChI is InChI=1S/C15H16N6S.C9H18.C3H6F2/c1-8(2)17-11-4-5-12(18-9(11)3)10-6-7-21-13(10)14(22)19-15(16)20-21;1-3-9(2)7-5-4-6-8-9;1-2-3(4)5/h4-7H,1-3H3,(H3,16,19,20,22);3-8H2,1-2H3;3H,2H2,1H3. The average molecular weight is 519 g/mol. The highest BCUT2D eigenvalue weighted by atomic mass is 32.1. The van der Waals surface area contributed by atoms with E-state index in [1.165, 1.54) is 45.4 Å². The molecule has 9 heteroatoms. The van der Waals surface area contributed by atoms with Gasteiger partial charge in [-0.25, -0.2) is 13.8 Å². The van der Waals surface area contributed by atoms with Crippen LogP contribution in [0.15, 0.2) is 29.4 Å². The fraction of sp³-hybridized carbons (Fsp3) is 0.556. The Bertz CT molecular complexity index is 1200. The molecule has 3 aromatic heterocycles. The van der Waals surface area contributed by atoms with Gasteiger partial charge in [0.05, 0.1) is 17.1 Å². The third-order valence-electron chi connectivity index (χ3n) is 6.45. The number of nitrogens with zero attached hydrogens (tertiary/aromatic N) is 4. The van der Waals surface area contributed by atoms with Gasteiger partial charge in [0, 0.05) is 23.9 Å². The summed E-state index contributed by atoms with van der Waals surface area (Å²) in [6.45, 7) is 12.1. The SMILES string of the molecule is CC(C)=Nc1ccc(-c2ccn3[nH]c(N)nc(=S)c23)nc1C.CCC(F)F.CCC1(C)CCCCC1. The Morgan fingerprint density at radius 1 is 1.17 bits per heavy atom. The van der Waals surface area contributed by atoms with Crippen molar-refractivity contribution < 1.29 is 8.78 Å². The van der Waals surface area contributed by atoms with Crippen molar-refractivity contribution in [2.75, 3.05) is 5.73 Å². The molecule has 0 aliphatic heterocycles. The van der Waals surface area contributed by atoms with E-state index < -0.39 is 6.43 Å². The van der Waals surface area contributed by atoms with Gasteiger partial charge in [-0.1, -0.05) is 58.7 Å². The number of aromatic nitrogens is 4. The summed E-state index contributed by atoms with van der Waals surface area (Å²) in [5.74, 6) is 0.284. The van der Waals surface area contributed by atoms with Crippen molar-refractivity contribution in [3.05, 3.63) is 34.7 Å². The van der Waals surface area contributed by atoms with E-state index >= 15 is 0 Å². The molecule has 3 N–H and O–H groups in total. The Morgan fingerprint density at radius 2 is 1.81 bits per heavy atom. The maximum absolute atomic E-state index is 10.8. The number of hydrogen-bond acceptors (Lipinski definition) is 5. The zero-order chi connectivity index (χ0) is 26.9. The monoisotopic (exact) mass is 518 g/mol. The number of aliphatic imine (C=N–C) groups is 1. The van der Waals surface area contributed by atoms with Gasteiger partial charge in [-0.15, -0.1) is 0 Å². The fourth-order valence-corrected chi connectivity index (χ4v) is 4.39. The van der Waals surface area contributed by atoms with E-state index in [1.54, 1.807) is 4.52 Å². The minimum absolute atomic E-state index is 0.0278. The van der Waals surface area contributed by atoms with Gasteiger partial charge in [-0.2, -0.15) is 0 Å². The van der Waals surface area contributed by atoms with Crippen LogP contribution in [-0.2, 0) is 0 Å². The number of aromatic amines is 1. The van der Waals surface area contributed by atoms with E-state index in [-0.39, 0.29) is 12.4 Å². The van der Waals surface area contributed by atoms with Gasteiger partial charge in [0.25, 0.3) is 0 Å². The van der Waals surface area contributed by atoms with Gasteiger partial charge in [0.2, 0.25) is 12.4 Å². The highest BCUT2D eigenvalue weighted by Gasteiger charge is 2.23. The first kappa shape index (κ1) is 29.5. The van der Waals surface area contributed by atoms with Gasteiger partial charge in [-0.05, 0) is 57.2 Å². The summed E-state index contributed by atoms with van der Waals surface area (Å²) in [4.78, 5) is 13.2. The fourth-order valence-electron chi connectivity index (χ4n) is 4.08. The van der Waals surface area contributed by atoms with E-state index in [0.29, 0.717) is 4.64 Å². The first-order valence-electron chi connectivity index (χ1n) is 12.6. The van der Waals surface area contributed by atoms with Crippen LogP contribution in [0.5, 0.6) is 0 Å². The van der Waals surface area contributed by atoms with Crippen LogP contribution in [0.1, 0.15) is 85.3 Å². The number of nitrogen functional groups attached to an aromatic ring is 1. The van der Waals surface area contributed by atoms with Crippen LogP contribution < -0.4 is 5.73 Å². The molecule has 1 aliphatic rings. The van der Waals surface area contributed by atoms with Crippen LogP contribution in [0, 0.1) is 17.0 Å². The molecule has 1 saturated carbocycles. The molecule has 36 heavy (non-hydrogen) atoms. The lowest BCUT2D eigenvalue weighted by molar-refractivity contribution is 0.144. The molecule has 4 rings (SSSR count). The van der Waals surface area contributed by atoms with Gasteiger partial charge in [-0.3, -0.25) is 19.6 Å². The topological polar surface area (TPSA) is 84.4 Å². The maximum Gasteiger partial charge on any atom is 0.238 e. The molecule has 0 radical (unpaired) electrons. The molecular weight excluding hydrogens is 478 g/mol. The van der Waals surface area contributed by atoms with Crippen LogP contribution in [0.2, 0.25) is 0 Å². The van der Waals surface area contributed by atoms with Crippen LogP contribution in [0.25, 0.3) is 16.8 Å². The quantitative estimate of drug-likeness (QED) is 0.268. The first-order valence-corrected chi connectivity index (χ1v) is 13.1. The Balaban J connectivity index is 0.000000268. The number of hydrogen-bond donors (Lipinski definition) is 2. The Labute approximate surface area is 218 Å². The number of rotatable bonds is 4. The molecular formula is C27H40F2N6S. The van der Waals surface area contributed by atoms with Crippen molar-refractivity contribution in [1.29, 1.82) is 0 Å². The number of fused-ring (bicyclic) bond motifs is 1. The summed E-state index contributed by atoms with van der Waals surface area (Å²) in [6, 6.07) is 5.85. The second kappa shape index (κ2) is 13.6. The zero-order valence-electron chi connectivity index (χ0n) is 22.4. The normalized spacial score (nSPS) is 14.5. The van der Waals surface area contributed by atoms with Crippen LogP contribution in [-0.4, -0.2) is 31.7 Å². The number of nitrogens with one attached hydrogen (secondary N) is 1. The van der Waals surface area contributed by atoms with Crippen LogP contribution in [0.4, 0.5) is 20.4 Å². The van der Waals surface area contributed by atoms with Gasteiger partial charge in [0.15, 0.2) is 4.64 Å². The molecule has 0 saturated heterocycles. The van der Waals surface area contributed by atoms with Gasteiger partial charge in [0.1, 0.15) is 5.52 Å². The molecule has 6 nitrogen and oxygen atoms in total. The Morgan fingerprint density at radius 3 is 2.31 bits per heavy atom. The van der Waals surface area contributed by atoms with Crippen LogP contribution >= 0.6 is 12.2 Å². The summed E-state index contributed by atoms with van der Waals surface area (Å²) in [5.41, 5.74) is 11.7. The average Bonchev–Trinajstić information content (AvgIpc) is 3.25. The van der Waals surface area contributed by atoms with E-state index in [4.69, 9.17) is 18.0 Å². The minimum atomic E-state index is -2.12. The molecule has 0 spiro atoms. The van der Waals surface area contributed by atoms with E-state index in [2.05, 4.69) is 33.9 Å². The largest absolute Gasteiger partial charge is 0.368 e. The summed E-state index contributed by atoms with van der Waals surface area (Å²) >= 11 is 5.32.